The molecule has 8 amide bonds. The Morgan fingerprint density at radius 3 is 1.29 bits per heavy atom. The average Bonchev–Trinajstić information content (AvgIpc) is 1.53. The molecule has 3 heterocycles. The molecule has 0 aliphatic carbocycles. The molecular formula is C72H92N14O13. The van der Waals surface area contributed by atoms with Crippen molar-refractivity contribution in [3.63, 3.8) is 0 Å². The first-order valence-electron chi connectivity index (χ1n) is 32.3. The third-order valence-electron chi connectivity index (χ3n) is 14.5. The van der Waals surface area contributed by atoms with Gasteiger partial charge in [-0.25, -0.2) is 14.8 Å². The van der Waals surface area contributed by atoms with E-state index in [0.717, 1.165) is 57.8 Å². The molecule has 0 saturated carbocycles. The lowest BCUT2D eigenvalue weighted by atomic mass is 10.1. The molecule has 27 nitrogen and oxygen atoms in total. The van der Waals surface area contributed by atoms with Gasteiger partial charge in [-0.3, -0.25) is 54.0 Å². The normalized spacial score (nSPS) is 11.1. The highest BCUT2D eigenvalue weighted by molar-refractivity contribution is 6.14. The number of amides is 8. The van der Waals surface area contributed by atoms with Gasteiger partial charge < -0.3 is 61.7 Å². The molecule has 1 saturated heterocycles. The zero-order chi connectivity index (χ0) is 71.4. The van der Waals surface area contributed by atoms with Crippen molar-refractivity contribution in [2.24, 2.45) is 5.73 Å². The number of nitrogens with two attached hydrogens (primary N) is 1. The molecule has 99 heavy (non-hydrogen) atoms. The fraction of sp³-hybridized carbons (Fsp3) is 0.361. The van der Waals surface area contributed by atoms with E-state index in [0.29, 0.717) is 94.6 Å². The number of carbonyl (C=O) groups is 10. The smallest absolute Gasteiger partial charge is 0.332 e. The predicted octanol–water partition coefficient (Wildman–Crippen LogP) is 9.41. The summed E-state index contributed by atoms with van der Waals surface area (Å²) in [4.78, 5) is 137. The highest BCUT2D eigenvalue weighted by atomic mass is 16.7. The van der Waals surface area contributed by atoms with Gasteiger partial charge in [-0.1, -0.05) is 89.8 Å². The fourth-order valence-corrected chi connectivity index (χ4v) is 8.98. The van der Waals surface area contributed by atoms with Crippen LogP contribution in [0.4, 0.5) is 23.0 Å². The van der Waals surface area contributed by atoms with Gasteiger partial charge in [0.1, 0.15) is 40.6 Å². The number of hydroxylamine groups is 2. The third kappa shape index (κ3) is 28.2. The van der Waals surface area contributed by atoms with Crippen LogP contribution in [-0.2, 0) is 33.6 Å². The second-order valence-corrected chi connectivity index (χ2v) is 22.6. The zero-order valence-corrected chi connectivity index (χ0v) is 56.3. The van der Waals surface area contributed by atoms with Gasteiger partial charge in [-0.05, 0) is 117 Å². The Labute approximate surface area is 577 Å². The molecule has 2 aromatic heterocycles. The molecule has 0 spiro atoms. The van der Waals surface area contributed by atoms with Crippen LogP contribution in [0.25, 0.3) is 0 Å². The molecule has 27 heteroatoms. The SMILES string of the molecule is C.CCC(=O)CCCCCCCNC(=O)COc1ccc(NC(=O)c2ccc(C(=N)N(C)C)cc2)c(C(=O)Nc2ccccn2)c1.CCC(=O)ON1C(=O)CCC1=O.CN(C)C(=N)c1ccc(C(=O)Nc2ccc(OCC(=O)NCCCCCCN)cc2C(=O)Nc2ccccn2)cc1. The second-order valence-electron chi connectivity index (χ2n) is 22.6. The molecular weight excluding hydrogens is 1270 g/mol. The topological polar surface area (TPSA) is 380 Å². The van der Waals surface area contributed by atoms with Crippen LogP contribution in [0.1, 0.15) is 164 Å². The highest BCUT2D eigenvalue weighted by Crippen LogP contribution is 2.27. The molecule has 0 radical (unpaired) electrons. The van der Waals surface area contributed by atoms with Gasteiger partial charge in [0.15, 0.2) is 13.2 Å². The lowest BCUT2D eigenvalue weighted by Crippen LogP contribution is -2.31. The minimum Gasteiger partial charge on any atom is -0.484 e. The lowest BCUT2D eigenvalue weighted by Gasteiger charge is -2.15. The molecule has 6 aromatic rings. The zero-order valence-electron chi connectivity index (χ0n) is 56.3. The number of unbranched alkanes of at least 4 members (excludes halogenated alkanes) is 7. The summed E-state index contributed by atoms with van der Waals surface area (Å²) in [5.74, 6) is -1.75. The van der Waals surface area contributed by atoms with Gasteiger partial charge in [-0.2, -0.15) is 0 Å². The molecule has 10 N–H and O–H groups in total. The second kappa shape index (κ2) is 43.1. The number of anilines is 4. The summed E-state index contributed by atoms with van der Waals surface area (Å²) in [6.07, 6.45) is 13.3. The number of nitrogens with one attached hydrogen (secondary N) is 8. The first-order valence-corrected chi connectivity index (χ1v) is 32.3. The van der Waals surface area contributed by atoms with Gasteiger partial charge in [-0.15, -0.1) is 5.06 Å². The first kappa shape index (κ1) is 80.2. The highest BCUT2D eigenvalue weighted by Gasteiger charge is 2.32. The monoisotopic (exact) mass is 1360 g/mol. The summed E-state index contributed by atoms with van der Waals surface area (Å²) < 4.78 is 11.3. The quantitative estimate of drug-likeness (QED) is 0.00801. The number of benzene rings is 4. The summed E-state index contributed by atoms with van der Waals surface area (Å²) >= 11 is 0. The summed E-state index contributed by atoms with van der Waals surface area (Å²) in [5.41, 5.74) is 8.28. The van der Waals surface area contributed by atoms with Crippen molar-refractivity contribution in [2.45, 2.75) is 111 Å². The van der Waals surface area contributed by atoms with Crippen molar-refractivity contribution < 1.29 is 62.3 Å². The van der Waals surface area contributed by atoms with E-state index in [1.807, 2.05) is 6.92 Å². The van der Waals surface area contributed by atoms with Crippen LogP contribution in [0.15, 0.2) is 134 Å². The summed E-state index contributed by atoms with van der Waals surface area (Å²) in [7, 11) is 7.08. The third-order valence-corrected chi connectivity index (χ3v) is 14.5. The predicted molar refractivity (Wildman–Crippen MR) is 379 cm³/mol. The van der Waals surface area contributed by atoms with E-state index in [9.17, 15) is 47.9 Å². The Morgan fingerprint density at radius 1 is 0.505 bits per heavy atom. The minimum absolute atomic E-state index is 0. The van der Waals surface area contributed by atoms with Crippen LogP contribution in [0.3, 0.4) is 0 Å². The number of Topliss-reactive ketones (excluding diaryl/α,β-unsaturated/α-hetero) is 1. The number of nitrogens with zero attached hydrogens (tertiary/aromatic N) is 5. The van der Waals surface area contributed by atoms with Crippen LogP contribution in [0.2, 0.25) is 0 Å². The van der Waals surface area contributed by atoms with E-state index in [-0.39, 0.29) is 80.0 Å². The maximum atomic E-state index is 13.3. The largest absolute Gasteiger partial charge is 0.484 e. The van der Waals surface area contributed by atoms with Crippen molar-refractivity contribution in [1.29, 1.82) is 10.8 Å². The van der Waals surface area contributed by atoms with Gasteiger partial charge in [0.05, 0.1) is 22.5 Å². The number of hydrogen-bond acceptors (Lipinski definition) is 18. The van der Waals surface area contributed by atoms with E-state index >= 15 is 0 Å². The Balaban J connectivity index is 0.000000357. The number of hydrogen-bond donors (Lipinski definition) is 9. The van der Waals surface area contributed by atoms with Gasteiger partial charge in [0.2, 0.25) is 0 Å². The molecule has 0 atom stereocenters. The number of rotatable bonds is 33. The van der Waals surface area contributed by atoms with Crippen molar-refractivity contribution in [2.75, 3.05) is 82.3 Å². The number of pyridine rings is 2. The fourth-order valence-electron chi connectivity index (χ4n) is 8.98. The Kier molecular flexibility index (Phi) is 34.9. The Bertz CT molecular complexity index is 3670. The molecule has 528 valence electrons. The standard InChI is InChI=1S/C34H42N6O5.C30H37N7O4.C7H9NO4.CH4/c1-4-26(41)12-8-6-5-7-10-21-37-31(42)23-45-27-18-19-29(28(22-27)34(44)39-30-13-9-11-20-36-30)38-33(43)25-16-14-24(15-17-25)32(35)40(2)3;1-37(2)28(32)21-10-12-22(13-11-21)29(39)35-25-15-14-23(41-20-27(38)34-18-7-4-3-6-16-31)19-24(25)30(40)36-26-9-5-8-17-33-26;1-2-7(11)12-8-5(9)3-4-6(8)10;/h9,11,13-20,22,35H,4-8,10,12,21,23H2,1-3H3,(H,37,42)(H,38,43)(H,36,39,44);5,8-15,17,19,32H,3-4,6-7,16,18,20,31H2,1-2H3,(H,34,38)(H,35,39)(H,33,36,40);2-4H2,1H3;1H4. The van der Waals surface area contributed by atoms with Crippen LogP contribution >= 0.6 is 0 Å². The molecule has 0 bridgehead atoms. The van der Waals surface area contributed by atoms with Gasteiger partial charge >= 0.3 is 5.97 Å². The maximum Gasteiger partial charge on any atom is 0.332 e. The summed E-state index contributed by atoms with van der Waals surface area (Å²) in [6.45, 7) is 4.76. The van der Waals surface area contributed by atoms with Crippen LogP contribution in [0, 0.1) is 10.8 Å². The van der Waals surface area contributed by atoms with E-state index in [2.05, 4.69) is 46.7 Å². The average molecular weight is 1360 g/mol. The number of aromatic nitrogens is 2. The van der Waals surface area contributed by atoms with Crippen molar-refractivity contribution in [3.8, 4) is 11.5 Å². The number of carbonyl (C=O) groups excluding carboxylic acids is 10. The Morgan fingerprint density at radius 2 is 0.909 bits per heavy atom. The molecule has 1 aliphatic heterocycles. The molecule has 1 fully saturated rings. The van der Waals surface area contributed by atoms with Crippen molar-refractivity contribution in [3.05, 3.63) is 167 Å². The molecule has 7 rings (SSSR count). The van der Waals surface area contributed by atoms with E-state index in [1.54, 1.807) is 167 Å². The van der Waals surface area contributed by atoms with Crippen LogP contribution in [-0.4, -0.2) is 157 Å². The summed E-state index contributed by atoms with van der Waals surface area (Å²) in [6, 6.07) is 32.6. The minimum atomic E-state index is -0.571. The maximum absolute atomic E-state index is 13.3. The first-order chi connectivity index (χ1) is 47.1. The van der Waals surface area contributed by atoms with E-state index < -0.39 is 41.4 Å². The van der Waals surface area contributed by atoms with E-state index in [4.69, 9.17) is 26.0 Å². The van der Waals surface area contributed by atoms with Crippen molar-refractivity contribution in [1.82, 2.24) is 35.5 Å². The Hall–Kier alpha value is -11.2. The molecule has 4 aromatic carbocycles. The van der Waals surface area contributed by atoms with Crippen molar-refractivity contribution >= 4 is 93.7 Å². The number of ether oxygens (including phenoxy) is 2. The van der Waals surface area contributed by atoms with Gasteiger partial charge in [0, 0.05) is 108 Å². The number of imide groups is 1. The molecule has 0 unspecified atom stereocenters. The number of amidine groups is 2. The number of ketones is 1. The van der Waals surface area contributed by atoms with Crippen LogP contribution in [0.5, 0.6) is 11.5 Å². The summed E-state index contributed by atoms with van der Waals surface area (Å²) in [5, 5.41) is 33.4. The van der Waals surface area contributed by atoms with E-state index in [1.165, 1.54) is 12.1 Å². The van der Waals surface area contributed by atoms with Crippen LogP contribution < -0.4 is 47.1 Å². The molecule has 1 aliphatic rings. The lowest BCUT2D eigenvalue weighted by molar-refractivity contribution is -0.197. The van der Waals surface area contributed by atoms with Gasteiger partial charge in [0.25, 0.3) is 47.3 Å².